The summed E-state index contributed by atoms with van der Waals surface area (Å²) in [6, 6.07) is 5.88. The van der Waals surface area contributed by atoms with E-state index in [0.29, 0.717) is 0 Å². The molecule has 1 aromatic heterocycles. The molecule has 0 aliphatic carbocycles. The van der Waals surface area contributed by atoms with Crippen molar-refractivity contribution in [2.45, 2.75) is 0 Å². The molecule has 2 aromatic rings. The van der Waals surface area contributed by atoms with Crippen LogP contribution in [0.25, 0.3) is 0 Å². The topological polar surface area (TPSA) is 158 Å². The third-order valence-electron chi connectivity index (χ3n) is 2.53. The first-order chi connectivity index (χ1) is 10.4. The highest BCUT2D eigenvalue weighted by atomic mass is 16.6. The van der Waals surface area contributed by atoms with Gasteiger partial charge in [-0.25, -0.2) is 4.79 Å². The molecule has 0 radical (unpaired) electrons. The van der Waals surface area contributed by atoms with Crippen molar-refractivity contribution in [2.24, 2.45) is 10.2 Å². The van der Waals surface area contributed by atoms with Gasteiger partial charge < -0.3 is 10.2 Å². The normalized spacial score (nSPS) is 10.7. The first-order valence-corrected chi connectivity index (χ1v) is 5.74. The molecule has 2 rings (SSSR count). The minimum Gasteiger partial charge on any atom is -0.493 e. The fraction of sp³-hybridized carbons (Fsp3) is 0. The number of rotatable bonds is 4. The van der Waals surface area contributed by atoms with Crippen LogP contribution in [-0.2, 0) is 0 Å². The number of nitrogens with one attached hydrogen (secondary N) is 1. The molecule has 0 aliphatic rings. The van der Waals surface area contributed by atoms with Crippen LogP contribution in [0.1, 0.15) is 10.4 Å². The third-order valence-corrected chi connectivity index (χ3v) is 2.53. The third kappa shape index (κ3) is 3.12. The number of H-pyrrole nitrogens is 1. The van der Waals surface area contributed by atoms with Crippen molar-refractivity contribution < 1.29 is 19.9 Å². The zero-order valence-corrected chi connectivity index (χ0v) is 10.8. The number of benzene rings is 1. The van der Waals surface area contributed by atoms with Gasteiger partial charge in [-0.15, -0.1) is 5.11 Å². The molecular weight excluding hydrogens is 296 g/mol. The Kier molecular flexibility index (Phi) is 3.93. The molecule has 10 nitrogen and oxygen atoms in total. The van der Waals surface area contributed by atoms with Gasteiger partial charge in [0.2, 0.25) is 5.88 Å². The number of carboxylic acids is 1. The zero-order valence-electron chi connectivity index (χ0n) is 10.8. The second-order valence-corrected chi connectivity index (χ2v) is 4.03. The number of aromatic carboxylic acids is 1. The highest BCUT2D eigenvalue weighted by Crippen LogP contribution is 2.29. The number of pyridine rings is 1. The van der Waals surface area contributed by atoms with Gasteiger partial charge in [0.05, 0.1) is 16.2 Å². The van der Waals surface area contributed by atoms with Crippen LogP contribution in [0.5, 0.6) is 5.88 Å². The molecule has 0 unspecified atom stereocenters. The van der Waals surface area contributed by atoms with E-state index in [0.717, 1.165) is 12.1 Å². The molecule has 0 atom stereocenters. The number of non-ortho nitro benzene ring substituents is 1. The predicted octanol–water partition coefficient (Wildman–Crippen LogP) is 2.10. The summed E-state index contributed by atoms with van der Waals surface area (Å²) in [4.78, 5) is 34.1. The number of nitro groups is 1. The van der Waals surface area contributed by atoms with E-state index in [1.54, 1.807) is 0 Å². The molecule has 1 heterocycles. The molecule has 0 bridgehead atoms. The van der Waals surface area contributed by atoms with Crippen molar-refractivity contribution >= 4 is 23.0 Å². The van der Waals surface area contributed by atoms with E-state index in [2.05, 4.69) is 10.2 Å². The van der Waals surface area contributed by atoms with Gasteiger partial charge >= 0.3 is 5.97 Å². The van der Waals surface area contributed by atoms with Crippen molar-refractivity contribution in [3.05, 3.63) is 56.4 Å². The van der Waals surface area contributed by atoms with E-state index in [-0.39, 0.29) is 11.4 Å². The largest absolute Gasteiger partial charge is 0.493 e. The number of nitro benzene ring substituents is 1. The van der Waals surface area contributed by atoms with Crippen LogP contribution in [0, 0.1) is 10.1 Å². The number of aromatic nitrogens is 1. The monoisotopic (exact) mass is 304 g/mol. The number of azo groups is 1. The Labute approximate surface area is 121 Å². The van der Waals surface area contributed by atoms with Crippen molar-refractivity contribution in [1.82, 2.24) is 4.98 Å². The van der Waals surface area contributed by atoms with E-state index in [4.69, 9.17) is 5.11 Å². The Bertz CT molecular complexity index is 842. The van der Waals surface area contributed by atoms with Gasteiger partial charge in [-0.3, -0.25) is 19.9 Å². The molecule has 3 N–H and O–H groups in total. The Hall–Kier alpha value is -3.56. The van der Waals surface area contributed by atoms with Crippen LogP contribution >= 0.6 is 0 Å². The lowest BCUT2D eigenvalue weighted by molar-refractivity contribution is -0.384. The van der Waals surface area contributed by atoms with Crippen LogP contribution in [0.4, 0.5) is 17.1 Å². The number of carboxylic acid groups (broad SMARTS) is 1. The Morgan fingerprint density at radius 1 is 1.27 bits per heavy atom. The minimum absolute atomic E-state index is 0.0798. The Morgan fingerprint density at radius 3 is 2.64 bits per heavy atom. The molecule has 0 amide bonds. The van der Waals surface area contributed by atoms with Crippen LogP contribution in [-0.4, -0.2) is 26.1 Å². The van der Waals surface area contributed by atoms with Crippen LogP contribution in [0.2, 0.25) is 0 Å². The van der Waals surface area contributed by atoms with Crippen molar-refractivity contribution in [3.8, 4) is 5.88 Å². The van der Waals surface area contributed by atoms with E-state index >= 15 is 0 Å². The number of aromatic amines is 1. The molecule has 22 heavy (non-hydrogen) atoms. The minimum atomic E-state index is -1.48. The summed E-state index contributed by atoms with van der Waals surface area (Å²) in [7, 11) is 0. The first kappa shape index (κ1) is 14.8. The lowest BCUT2D eigenvalue weighted by Crippen LogP contribution is -2.09. The molecule has 0 fully saturated rings. The quantitative estimate of drug-likeness (QED) is 0.445. The fourth-order valence-electron chi connectivity index (χ4n) is 1.58. The van der Waals surface area contributed by atoms with Crippen molar-refractivity contribution in [2.75, 3.05) is 0 Å². The maximum atomic E-state index is 11.1. The molecule has 0 spiro atoms. The smallest absolute Gasteiger partial charge is 0.338 e. The second-order valence-electron chi connectivity index (χ2n) is 4.03. The van der Waals surface area contributed by atoms with Gasteiger partial charge in [-0.1, -0.05) is 6.07 Å². The Balaban J connectivity index is 2.46. The highest BCUT2D eigenvalue weighted by molar-refractivity contribution is 5.94. The predicted molar refractivity (Wildman–Crippen MR) is 73.0 cm³/mol. The molecule has 0 saturated carbocycles. The molecule has 0 aliphatic heterocycles. The lowest BCUT2D eigenvalue weighted by Gasteiger charge is -2.01. The van der Waals surface area contributed by atoms with Crippen LogP contribution in [0.15, 0.2) is 45.4 Å². The standard InChI is InChI=1S/C12H8N4O6/c17-9-5-8(12(19)20)10(11(18)13-9)15-14-6-2-1-3-7(4-6)16(21)22/h1-5H,(H,19,20)(H2,13,17,18). The summed E-state index contributed by atoms with van der Waals surface area (Å²) in [5, 5.41) is 36.3. The van der Waals surface area contributed by atoms with E-state index in [1.807, 2.05) is 4.98 Å². The lowest BCUT2D eigenvalue weighted by atomic mass is 10.2. The van der Waals surface area contributed by atoms with E-state index in [1.165, 1.54) is 18.2 Å². The van der Waals surface area contributed by atoms with Gasteiger partial charge in [0.1, 0.15) is 0 Å². The molecule has 1 aromatic carbocycles. The summed E-state index contributed by atoms with van der Waals surface area (Å²) in [5.74, 6) is -2.24. The number of carbonyl (C=O) groups is 1. The van der Waals surface area contributed by atoms with Gasteiger partial charge in [-0.2, -0.15) is 5.11 Å². The average Bonchev–Trinajstić information content (AvgIpc) is 2.45. The van der Waals surface area contributed by atoms with Gasteiger partial charge in [0, 0.05) is 18.2 Å². The first-order valence-electron chi connectivity index (χ1n) is 5.74. The maximum absolute atomic E-state index is 11.1. The summed E-state index contributed by atoms with van der Waals surface area (Å²) in [6.45, 7) is 0. The van der Waals surface area contributed by atoms with E-state index < -0.39 is 33.6 Å². The average molecular weight is 304 g/mol. The maximum Gasteiger partial charge on any atom is 0.338 e. The van der Waals surface area contributed by atoms with Crippen molar-refractivity contribution in [1.29, 1.82) is 0 Å². The molecule has 112 valence electrons. The molecule has 10 heteroatoms. The summed E-state index contributed by atoms with van der Waals surface area (Å²) in [5.41, 5.74) is -1.96. The number of hydrogen-bond donors (Lipinski definition) is 3. The molecular formula is C12H8N4O6. The zero-order chi connectivity index (χ0) is 16.3. The summed E-state index contributed by atoms with van der Waals surface area (Å²) >= 11 is 0. The number of aromatic hydroxyl groups is 1. The van der Waals surface area contributed by atoms with Gasteiger partial charge in [0.15, 0.2) is 5.69 Å². The van der Waals surface area contributed by atoms with Crippen LogP contribution < -0.4 is 5.56 Å². The van der Waals surface area contributed by atoms with E-state index in [9.17, 15) is 24.8 Å². The summed E-state index contributed by atoms with van der Waals surface area (Å²) in [6.07, 6.45) is 0. The highest BCUT2D eigenvalue weighted by Gasteiger charge is 2.16. The van der Waals surface area contributed by atoms with Gasteiger partial charge in [-0.05, 0) is 6.07 Å². The van der Waals surface area contributed by atoms with Gasteiger partial charge in [0.25, 0.3) is 11.2 Å². The number of nitrogens with zero attached hydrogens (tertiary/aromatic N) is 3. The summed E-state index contributed by atoms with van der Waals surface area (Å²) < 4.78 is 0. The Morgan fingerprint density at radius 2 is 2.00 bits per heavy atom. The van der Waals surface area contributed by atoms with Crippen molar-refractivity contribution in [3.63, 3.8) is 0 Å². The van der Waals surface area contributed by atoms with Crippen LogP contribution in [0.3, 0.4) is 0 Å². The second kappa shape index (κ2) is 5.83. The SMILES string of the molecule is O=C(O)c1cc(=O)[nH]c(O)c1N=Nc1cccc([N+](=O)[O-])c1. The number of hydrogen-bond acceptors (Lipinski definition) is 7. The fourth-order valence-corrected chi connectivity index (χ4v) is 1.58. The molecule has 0 saturated heterocycles.